The van der Waals surface area contributed by atoms with E-state index >= 15 is 0 Å². The van der Waals surface area contributed by atoms with Crippen LogP contribution in [0.15, 0.2) is 24.3 Å². The van der Waals surface area contributed by atoms with Crippen LogP contribution in [0.4, 0.5) is 5.69 Å². The smallest absolute Gasteiger partial charge is 0.731 e. The second-order valence-corrected chi connectivity index (χ2v) is 3.40. The molecule has 0 radical (unpaired) electrons. The van der Waals surface area contributed by atoms with Crippen LogP contribution in [0.3, 0.4) is 0 Å². The molecule has 1 aromatic rings. The Kier molecular flexibility index (Phi) is 5.46. The SMILES string of the molecule is COc1cccc(NS(=O)(=O)[O-])c1.[Na+]. The Labute approximate surface area is 105 Å². The van der Waals surface area contributed by atoms with Gasteiger partial charge < -0.3 is 9.29 Å². The number of anilines is 1. The van der Waals surface area contributed by atoms with Gasteiger partial charge in [0.15, 0.2) is 10.3 Å². The van der Waals surface area contributed by atoms with Gasteiger partial charge in [-0.25, -0.2) is 8.42 Å². The van der Waals surface area contributed by atoms with E-state index in [0.29, 0.717) is 5.75 Å². The van der Waals surface area contributed by atoms with E-state index in [-0.39, 0.29) is 35.2 Å². The van der Waals surface area contributed by atoms with Crippen molar-refractivity contribution in [2.24, 2.45) is 0 Å². The molecule has 72 valence electrons. The van der Waals surface area contributed by atoms with Gasteiger partial charge in [0, 0.05) is 6.07 Å². The fourth-order valence-corrected chi connectivity index (χ4v) is 1.25. The van der Waals surface area contributed by atoms with E-state index in [4.69, 9.17) is 4.74 Å². The maximum atomic E-state index is 10.3. The summed E-state index contributed by atoms with van der Waals surface area (Å²) in [7, 11) is -3.01. The third-order valence-electron chi connectivity index (χ3n) is 1.31. The number of methoxy groups -OCH3 is 1. The molecule has 0 aromatic heterocycles. The molecule has 1 N–H and O–H groups in total. The molecular weight excluding hydrogens is 217 g/mol. The van der Waals surface area contributed by atoms with Gasteiger partial charge in [-0.2, -0.15) is 0 Å². The molecule has 0 saturated heterocycles. The summed E-state index contributed by atoms with van der Waals surface area (Å²) in [6.07, 6.45) is 0. The molecule has 0 spiro atoms. The summed E-state index contributed by atoms with van der Waals surface area (Å²) in [6, 6.07) is 6.09. The fraction of sp³-hybridized carbons (Fsp3) is 0.143. The van der Waals surface area contributed by atoms with E-state index in [2.05, 4.69) is 0 Å². The molecule has 0 bridgehead atoms. The van der Waals surface area contributed by atoms with Gasteiger partial charge in [-0.15, -0.1) is 0 Å². The van der Waals surface area contributed by atoms with Crippen LogP contribution in [-0.2, 0) is 10.3 Å². The van der Waals surface area contributed by atoms with Crippen molar-refractivity contribution in [1.82, 2.24) is 0 Å². The molecule has 0 aliphatic rings. The number of rotatable bonds is 3. The first-order valence-electron chi connectivity index (χ1n) is 3.39. The van der Waals surface area contributed by atoms with E-state index in [1.807, 2.05) is 0 Å². The first kappa shape index (κ1) is 13.7. The molecule has 1 aromatic carbocycles. The summed E-state index contributed by atoms with van der Waals surface area (Å²) in [6.45, 7) is 0. The molecular formula is C7H8NNaO4S. The quantitative estimate of drug-likeness (QED) is 0.458. The van der Waals surface area contributed by atoms with Crippen LogP contribution in [0.2, 0.25) is 0 Å². The van der Waals surface area contributed by atoms with Gasteiger partial charge >= 0.3 is 29.6 Å². The van der Waals surface area contributed by atoms with Gasteiger partial charge in [-0.1, -0.05) is 6.07 Å². The van der Waals surface area contributed by atoms with Crippen molar-refractivity contribution >= 4 is 16.0 Å². The van der Waals surface area contributed by atoms with E-state index in [0.717, 1.165) is 0 Å². The molecule has 1 rings (SSSR count). The van der Waals surface area contributed by atoms with Crippen molar-refractivity contribution in [3.8, 4) is 5.75 Å². The normalized spacial score (nSPS) is 10.1. The van der Waals surface area contributed by atoms with Gasteiger partial charge in [-0.05, 0) is 12.1 Å². The van der Waals surface area contributed by atoms with E-state index in [9.17, 15) is 13.0 Å². The topological polar surface area (TPSA) is 78.5 Å². The maximum Gasteiger partial charge on any atom is 1.00 e. The molecule has 0 saturated carbocycles. The van der Waals surface area contributed by atoms with Gasteiger partial charge in [0.05, 0.1) is 12.8 Å². The average Bonchev–Trinajstić information content (AvgIpc) is 2.01. The molecule has 7 heteroatoms. The molecule has 14 heavy (non-hydrogen) atoms. The molecule has 0 atom stereocenters. The van der Waals surface area contributed by atoms with Crippen molar-refractivity contribution in [3.05, 3.63) is 24.3 Å². The van der Waals surface area contributed by atoms with Gasteiger partial charge in [0.25, 0.3) is 0 Å². The van der Waals surface area contributed by atoms with Crippen LogP contribution in [0.5, 0.6) is 5.75 Å². The van der Waals surface area contributed by atoms with Gasteiger partial charge in [0.1, 0.15) is 5.75 Å². The standard InChI is InChI=1S/C7H9NO4S.Na/c1-12-7-4-2-3-6(5-7)8-13(9,10)11;/h2-5,8H,1H3,(H,9,10,11);/q;+1/p-1. The Hall–Kier alpha value is -0.270. The van der Waals surface area contributed by atoms with Crippen molar-refractivity contribution in [3.63, 3.8) is 0 Å². The first-order valence-corrected chi connectivity index (χ1v) is 4.80. The Bertz CT molecular complexity index is 392. The van der Waals surface area contributed by atoms with Crippen LogP contribution in [-0.4, -0.2) is 20.1 Å². The Morgan fingerprint density at radius 2 is 2.07 bits per heavy atom. The second kappa shape index (κ2) is 5.57. The summed E-state index contributed by atoms with van der Waals surface area (Å²) in [5.41, 5.74) is 0.189. The monoisotopic (exact) mass is 225 g/mol. The van der Waals surface area contributed by atoms with Crippen molar-refractivity contribution in [1.29, 1.82) is 0 Å². The van der Waals surface area contributed by atoms with E-state index in [1.54, 1.807) is 16.9 Å². The van der Waals surface area contributed by atoms with Crippen LogP contribution < -0.4 is 39.0 Å². The van der Waals surface area contributed by atoms with Crippen LogP contribution in [0.25, 0.3) is 0 Å². The van der Waals surface area contributed by atoms with Gasteiger partial charge in [0.2, 0.25) is 0 Å². The Morgan fingerprint density at radius 1 is 1.43 bits per heavy atom. The number of hydrogen-bond donors (Lipinski definition) is 1. The number of nitrogens with one attached hydrogen (secondary N) is 1. The zero-order chi connectivity index (χ0) is 9.90. The molecule has 0 aliphatic heterocycles. The number of hydrogen-bond acceptors (Lipinski definition) is 4. The third-order valence-corrected chi connectivity index (χ3v) is 1.80. The molecule has 0 fully saturated rings. The zero-order valence-corrected chi connectivity index (χ0v) is 10.7. The predicted octanol–water partition coefficient (Wildman–Crippen LogP) is -2.43. The van der Waals surface area contributed by atoms with E-state index < -0.39 is 10.3 Å². The fourth-order valence-electron chi connectivity index (χ4n) is 0.831. The van der Waals surface area contributed by atoms with Gasteiger partial charge in [-0.3, -0.25) is 4.72 Å². The second-order valence-electron chi connectivity index (χ2n) is 2.29. The summed E-state index contributed by atoms with van der Waals surface area (Å²) in [5.74, 6) is 0.480. The minimum absolute atomic E-state index is 0. The van der Waals surface area contributed by atoms with Crippen LogP contribution in [0.1, 0.15) is 0 Å². The Morgan fingerprint density at radius 3 is 2.57 bits per heavy atom. The minimum Gasteiger partial charge on any atom is -0.731 e. The maximum absolute atomic E-state index is 10.3. The summed E-state index contributed by atoms with van der Waals surface area (Å²) < 4.78 is 37.5. The minimum atomic E-state index is -4.46. The third kappa shape index (κ3) is 4.83. The molecule has 0 aliphatic carbocycles. The molecule has 5 nitrogen and oxygen atoms in total. The summed E-state index contributed by atoms with van der Waals surface area (Å²) in [5, 5.41) is 0. The van der Waals surface area contributed by atoms with E-state index in [1.165, 1.54) is 19.2 Å². The largest absolute Gasteiger partial charge is 1.00 e. The molecule has 0 heterocycles. The van der Waals surface area contributed by atoms with Crippen molar-refractivity contribution in [2.75, 3.05) is 11.8 Å². The van der Waals surface area contributed by atoms with Crippen molar-refractivity contribution < 1.29 is 47.3 Å². The van der Waals surface area contributed by atoms with Crippen molar-refractivity contribution in [2.45, 2.75) is 0 Å². The molecule has 0 unspecified atom stereocenters. The number of benzene rings is 1. The van der Waals surface area contributed by atoms with Crippen LogP contribution in [0, 0.1) is 0 Å². The summed E-state index contributed by atoms with van der Waals surface area (Å²) in [4.78, 5) is 0. The van der Waals surface area contributed by atoms with Crippen LogP contribution >= 0.6 is 0 Å². The summed E-state index contributed by atoms with van der Waals surface area (Å²) >= 11 is 0. The molecule has 0 amide bonds. The number of ether oxygens (including phenoxy) is 1. The Balaban J connectivity index is 0.00000169. The first-order chi connectivity index (χ1) is 6.01. The predicted molar refractivity (Wildman–Crippen MR) is 46.3 cm³/mol. The average molecular weight is 225 g/mol. The zero-order valence-electron chi connectivity index (χ0n) is 7.85.